The number of ether oxygens (including phenoxy) is 1. The van der Waals surface area contributed by atoms with Gasteiger partial charge < -0.3 is 4.74 Å². The molecule has 2 unspecified atom stereocenters. The van der Waals surface area contributed by atoms with Crippen LogP contribution >= 0.6 is 0 Å². The summed E-state index contributed by atoms with van der Waals surface area (Å²) < 4.78 is 33.6. The number of rotatable bonds is 6. The van der Waals surface area contributed by atoms with Gasteiger partial charge in [0.15, 0.2) is 11.6 Å². The van der Waals surface area contributed by atoms with Gasteiger partial charge in [0.1, 0.15) is 0 Å². The van der Waals surface area contributed by atoms with E-state index in [-0.39, 0.29) is 0 Å². The van der Waals surface area contributed by atoms with Crippen LogP contribution in [0, 0.1) is 31.4 Å². The highest BCUT2D eigenvalue weighted by molar-refractivity contribution is 5.25. The molecule has 0 aliphatic carbocycles. The molecule has 3 heteroatoms. The van der Waals surface area contributed by atoms with Crippen LogP contribution in [0.4, 0.5) is 8.78 Å². The Morgan fingerprint density at radius 1 is 0.885 bits per heavy atom. The molecule has 2 aromatic carbocycles. The number of hydrogen-bond donors (Lipinski definition) is 0. The highest BCUT2D eigenvalue weighted by Gasteiger charge is 2.22. The zero-order chi connectivity index (χ0) is 18.5. The van der Waals surface area contributed by atoms with Crippen molar-refractivity contribution in [2.45, 2.75) is 58.5 Å². The van der Waals surface area contributed by atoms with Crippen LogP contribution in [0.1, 0.15) is 47.9 Å². The fraction of sp³-hybridized carbons (Fsp3) is 0.478. The standard InChI is InChI=1S/C23H28F2O/c1-16-3-6-18(7-4-16)9-13-21-14-10-19(15-26-21)8-12-20-11-5-17(2)22(24)23(20)25/h3-7,11,19,21H,8-10,12-15H2,1-2H3. The zero-order valence-corrected chi connectivity index (χ0v) is 15.7. The van der Waals surface area contributed by atoms with E-state index in [0.717, 1.165) is 38.7 Å². The van der Waals surface area contributed by atoms with Gasteiger partial charge in [0, 0.05) is 6.61 Å². The van der Waals surface area contributed by atoms with E-state index in [9.17, 15) is 8.78 Å². The maximum absolute atomic E-state index is 14.0. The molecular weight excluding hydrogens is 330 g/mol. The van der Waals surface area contributed by atoms with Gasteiger partial charge in [-0.25, -0.2) is 8.78 Å². The Morgan fingerprint density at radius 2 is 1.65 bits per heavy atom. The van der Waals surface area contributed by atoms with E-state index in [1.54, 1.807) is 19.1 Å². The van der Waals surface area contributed by atoms with Crippen LogP contribution in [-0.2, 0) is 17.6 Å². The van der Waals surface area contributed by atoms with E-state index >= 15 is 0 Å². The van der Waals surface area contributed by atoms with Crippen molar-refractivity contribution in [3.8, 4) is 0 Å². The maximum atomic E-state index is 14.0. The van der Waals surface area contributed by atoms with E-state index in [1.165, 1.54) is 11.1 Å². The Morgan fingerprint density at radius 3 is 2.35 bits per heavy atom. The number of benzene rings is 2. The molecular formula is C23H28F2O. The fourth-order valence-electron chi connectivity index (χ4n) is 3.64. The first kappa shape index (κ1) is 19.0. The van der Waals surface area contributed by atoms with Gasteiger partial charge in [-0.15, -0.1) is 0 Å². The van der Waals surface area contributed by atoms with Crippen LogP contribution in [0.15, 0.2) is 36.4 Å². The van der Waals surface area contributed by atoms with Gasteiger partial charge in [0.05, 0.1) is 6.10 Å². The van der Waals surface area contributed by atoms with E-state index in [4.69, 9.17) is 4.74 Å². The molecule has 1 saturated heterocycles. The minimum absolute atomic E-state index is 0.320. The summed E-state index contributed by atoms with van der Waals surface area (Å²) in [5.41, 5.74) is 3.49. The largest absolute Gasteiger partial charge is 0.378 e. The van der Waals surface area contributed by atoms with Crippen LogP contribution in [-0.4, -0.2) is 12.7 Å². The third-order valence-electron chi connectivity index (χ3n) is 5.52. The topological polar surface area (TPSA) is 9.23 Å². The van der Waals surface area contributed by atoms with Crippen molar-refractivity contribution in [3.63, 3.8) is 0 Å². The Bertz CT molecular complexity index is 716. The second-order valence-corrected chi connectivity index (χ2v) is 7.63. The number of aryl methyl sites for hydroxylation is 4. The number of hydrogen-bond acceptors (Lipinski definition) is 1. The van der Waals surface area contributed by atoms with Crippen LogP contribution in [0.25, 0.3) is 0 Å². The molecule has 1 heterocycles. The monoisotopic (exact) mass is 358 g/mol. The summed E-state index contributed by atoms with van der Waals surface area (Å²) in [7, 11) is 0. The van der Waals surface area contributed by atoms with Gasteiger partial charge in [-0.2, -0.15) is 0 Å². The summed E-state index contributed by atoms with van der Waals surface area (Å²) >= 11 is 0. The van der Waals surface area contributed by atoms with E-state index < -0.39 is 11.6 Å². The van der Waals surface area contributed by atoms with Crippen molar-refractivity contribution < 1.29 is 13.5 Å². The van der Waals surface area contributed by atoms with Crippen LogP contribution in [0.2, 0.25) is 0 Å². The molecule has 0 aromatic heterocycles. The normalized spacial score (nSPS) is 20.3. The Labute approximate surface area is 155 Å². The first-order chi connectivity index (χ1) is 12.5. The average Bonchev–Trinajstić information content (AvgIpc) is 2.66. The van der Waals surface area contributed by atoms with Crippen LogP contribution in [0.5, 0.6) is 0 Å². The van der Waals surface area contributed by atoms with Crippen molar-refractivity contribution >= 4 is 0 Å². The maximum Gasteiger partial charge on any atom is 0.162 e. The summed E-state index contributed by atoms with van der Waals surface area (Å²) in [6.07, 6.45) is 6.00. The second kappa shape index (κ2) is 8.77. The molecule has 0 spiro atoms. The van der Waals surface area contributed by atoms with Gasteiger partial charge in [-0.3, -0.25) is 0 Å². The lowest BCUT2D eigenvalue weighted by Gasteiger charge is -2.29. The predicted octanol–water partition coefficient (Wildman–Crippen LogP) is 5.94. The van der Waals surface area contributed by atoms with Gasteiger partial charge in [0.2, 0.25) is 0 Å². The summed E-state index contributed by atoms with van der Waals surface area (Å²) in [6, 6.07) is 12.1. The highest BCUT2D eigenvalue weighted by atomic mass is 19.2. The van der Waals surface area contributed by atoms with Crippen LogP contribution in [0.3, 0.4) is 0 Å². The van der Waals surface area contributed by atoms with Gasteiger partial charge in [-0.05, 0) is 75.0 Å². The molecule has 1 fully saturated rings. The molecule has 0 saturated carbocycles. The lowest BCUT2D eigenvalue weighted by Crippen LogP contribution is -2.26. The molecule has 0 radical (unpaired) electrons. The second-order valence-electron chi connectivity index (χ2n) is 7.63. The minimum atomic E-state index is -0.710. The van der Waals surface area contributed by atoms with Gasteiger partial charge in [-0.1, -0.05) is 42.0 Å². The molecule has 3 rings (SSSR count). The molecule has 1 aliphatic heterocycles. The molecule has 140 valence electrons. The molecule has 1 aliphatic rings. The van der Waals surface area contributed by atoms with Crippen LogP contribution < -0.4 is 0 Å². The first-order valence-electron chi connectivity index (χ1n) is 9.63. The van der Waals surface area contributed by atoms with Crippen molar-refractivity contribution in [2.75, 3.05) is 6.61 Å². The summed E-state index contributed by atoms with van der Waals surface area (Å²) in [5, 5.41) is 0. The highest BCUT2D eigenvalue weighted by Crippen LogP contribution is 2.27. The third-order valence-corrected chi connectivity index (χ3v) is 5.52. The summed E-state index contributed by atoms with van der Waals surface area (Å²) in [4.78, 5) is 0. The lowest BCUT2D eigenvalue weighted by molar-refractivity contribution is -0.0213. The fourth-order valence-corrected chi connectivity index (χ4v) is 3.64. The number of halogens is 2. The van der Waals surface area contributed by atoms with Crippen molar-refractivity contribution in [2.24, 2.45) is 5.92 Å². The SMILES string of the molecule is Cc1ccc(CCC2CCC(CCc3ccc(C)c(F)c3F)CO2)cc1. The molecule has 26 heavy (non-hydrogen) atoms. The van der Waals surface area contributed by atoms with Gasteiger partial charge >= 0.3 is 0 Å². The Balaban J connectivity index is 1.41. The molecule has 0 bridgehead atoms. The molecule has 2 atom stereocenters. The average molecular weight is 358 g/mol. The summed E-state index contributed by atoms with van der Waals surface area (Å²) in [6.45, 7) is 4.42. The zero-order valence-electron chi connectivity index (χ0n) is 15.7. The van der Waals surface area contributed by atoms with E-state index in [2.05, 4.69) is 31.2 Å². The molecule has 1 nitrogen and oxygen atoms in total. The van der Waals surface area contributed by atoms with E-state index in [1.807, 2.05) is 0 Å². The summed E-state index contributed by atoms with van der Waals surface area (Å²) in [5.74, 6) is -0.953. The quantitative estimate of drug-likeness (QED) is 0.621. The Kier molecular flexibility index (Phi) is 6.42. The minimum Gasteiger partial charge on any atom is -0.378 e. The molecule has 0 N–H and O–H groups in total. The van der Waals surface area contributed by atoms with Crippen molar-refractivity contribution in [1.82, 2.24) is 0 Å². The van der Waals surface area contributed by atoms with Crippen molar-refractivity contribution in [3.05, 3.63) is 70.3 Å². The predicted molar refractivity (Wildman–Crippen MR) is 101 cm³/mol. The molecule has 2 aromatic rings. The first-order valence-corrected chi connectivity index (χ1v) is 9.63. The van der Waals surface area contributed by atoms with E-state index in [0.29, 0.717) is 29.6 Å². The van der Waals surface area contributed by atoms with Crippen molar-refractivity contribution in [1.29, 1.82) is 0 Å². The Hall–Kier alpha value is -1.74. The lowest BCUT2D eigenvalue weighted by atomic mass is 9.90. The van der Waals surface area contributed by atoms with Gasteiger partial charge in [0.25, 0.3) is 0 Å². The smallest absolute Gasteiger partial charge is 0.162 e. The third kappa shape index (κ3) is 4.91. The molecule has 0 amide bonds.